The van der Waals surface area contributed by atoms with Crippen LogP contribution in [0.25, 0.3) is 20.8 Å². The molecule has 3 aromatic carbocycles. The Morgan fingerprint density at radius 1 is 1.02 bits per heavy atom. The van der Waals surface area contributed by atoms with Gasteiger partial charge in [-0.1, -0.05) is 18.2 Å². The van der Waals surface area contributed by atoms with Crippen LogP contribution in [-0.4, -0.2) is 49.0 Å². The topological polar surface area (TPSA) is 211 Å². The maximum Gasteiger partial charge on any atom is 1.00 e. The molecule has 0 saturated carbocycles. The minimum absolute atomic E-state index is 0. The zero-order valence-corrected chi connectivity index (χ0v) is 29.9. The number of para-hydroxylation sites is 2. The fraction of sp³-hybridized carbons (Fsp3) is 0.120. The number of aromatic nitrogens is 1. The number of allylic oxidation sites excluding steroid dienone is 1. The average molecular weight is 663 g/mol. The van der Waals surface area contributed by atoms with Crippen LogP contribution in [0.5, 0.6) is 5.75 Å². The Morgan fingerprint density at radius 3 is 2.30 bits per heavy atom. The predicted octanol–water partition coefficient (Wildman–Crippen LogP) is -1.39. The number of rotatable bonds is 8. The van der Waals surface area contributed by atoms with E-state index in [4.69, 9.17) is 4.74 Å². The minimum atomic E-state index is -5.15. The molecular weight excluding hydrogens is 642 g/mol. The van der Waals surface area contributed by atoms with E-state index in [-0.39, 0.29) is 91.2 Å². The van der Waals surface area contributed by atoms with E-state index >= 15 is 0 Å². The first-order chi connectivity index (χ1) is 19.2. The molecule has 1 heterocycles. The smallest absolute Gasteiger partial charge is 0.744 e. The Kier molecular flexibility index (Phi) is 12.6. The molecule has 18 heteroatoms. The Balaban J connectivity index is 0.00000323. The molecule has 1 amide bonds. The van der Waals surface area contributed by atoms with Crippen molar-refractivity contribution in [3.8, 4) is 16.3 Å². The van der Waals surface area contributed by atoms with Crippen LogP contribution in [-0.2, 0) is 25.0 Å². The summed E-state index contributed by atoms with van der Waals surface area (Å²) >= 11 is 0.828. The number of azo groups is 1. The molecule has 2 N–H and O–H groups in total. The second kappa shape index (κ2) is 14.7. The van der Waals surface area contributed by atoms with Crippen LogP contribution < -0.4 is 69.2 Å². The summed E-state index contributed by atoms with van der Waals surface area (Å²) in [6.07, 6.45) is 0. The first-order valence-electron chi connectivity index (χ1n) is 11.4. The first kappa shape index (κ1) is 37.0. The van der Waals surface area contributed by atoms with Crippen molar-refractivity contribution in [3.05, 3.63) is 71.6 Å². The summed E-state index contributed by atoms with van der Waals surface area (Å²) in [5.74, 6) is -1.11. The second-order valence-corrected chi connectivity index (χ2v) is 12.1. The first-order valence-corrected chi connectivity index (χ1v) is 15.1. The maximum absolute atomic E-state index is 12.8. The van der Waals surface area contributed by atoms with Gasteiger partial charge in [0.2, 0.25) is 0 Å². The third-order valence-electron chi connectivity index (χ3n) is 5.61. The Morgan fingerprint density at radius 2 is 1.70 bits per heavy atom. The van der Waals surface area contributed by atoms with E-state index in [0.717, 1.165) is 30.4 Å². The van der Waals surface area contributed by atoms with Crippen LogP contribution in [0.1, 0.15) is 12.5 Å². The van der Waals surface area contributed by atoms with Crippen LogP contribution in [0.2, 0.25) is 0 Å². The predicted molar refractivity (Wildman–Crippen MR) is 147 cm³/mol. The Bertz CT molecular complexity index is 1970. The van der Waals surface area contributed by atoms with Crippen LogP contribution in [0.3, 0.4) is 0 Å². The maximum atomic E-state index is 12.8. The van der Waals surface area contributed by atoms with Gasteiger partial charge in [0.05, 0.1) is 32.8 Å². The van der Waals surface area contributed by atoms with Gasteiger partial charge >= 0.3 is 59.1 Å². The number of amides is 1. The van der Waals surface area contributed by atoms with Gasteiger partial charge in [-0.25, -0.2) is 21.8 Å². The summed E-state index contributed by atoms with van der Waals surface area (Å²) in [5, 5.41) is 20.1. The van der Waals surface area contributed by atoms with Crippen molar-refractivity contribution in [1.82, 2.24) is 4.98 Å². The molecule has 1 aromatic heterocycles. The van der Waals surface area contributed by atoms with Gasteiger partial charge in [-0.3, -0.25) is 4.79 Å². The number of thiazole rings is 1. The van der Waals surface area contributed by atoms with Gasteiger partial charge in [0.25, 0.3) is 5.91 Å². The number of aliphatic hydroxyl groups excluding tert-OH is 1. The number of carbonyl (C=O) groups excluding carboxylic acids is 1. The van der Waals surface area contributed by atoms with Crippen LogP contribution in [0, 0.1) is 6.92 Å². The van der Waals surface area contributed by atoms with Crippen LogP contribution >= 0.6 is 11.3 Å². The Hall–Kier alpha value is -2.22. The van der Waals surface area contributed by atoms with Gasteiger partial charge in [-0.15, -0.1) is 21.6 Å². The molecule has 43 heavy (non-hydrogen) atoms. The molecule has 214 valence electrons. The monoisotopic (exact) mass is 662 g/mol. The molecule has 0 atom stereocenters. The second-order valence-electron chi connectivity index (χ2n) is 8.46. The summed E-state index contributed by atoms with van der Waals surface area (Å²) in [6.45, 7) is 2.62. The minimum Gasteiger partial charge on any atom is -0.744 e. The van der Waals surface area contributed by atoms with Gasteiger partial charge in [-0.05, 0) is 55.8 Å². The van der Waals surface area contributed by atoms with Gasteiger partial charge in [0.1, 0.15) is 42.4 Å². The summed E-state index contributed by atoms with van der Waals surface area (Å²) < 4.78 is 77.1. The molecule has 0 aliphatic heterocycles. The van der Waals surface area contributed by atoms with Crippen LogP contribution in [0.15, 0.2) is 86.1 Å². The number of ether oxygens (including phenoxy) is 1. The van der Waals surface area contributed by atoms with E-state index in [9.17, 15) is 35.8 Å². The number of aryl methyl sites for hydroxylation is 1. The van der Waals surface area contributed by atoms with Crippen molar-refractivity contribution in [3.63, 3.8) is 0 Å². The van der Waals surface area contributed by atoms with E-state index in [1.165, 1.54) is 38.3 Å². The largest absolute Gasteiger partial charge is 1.00 e. The van der Waals surface area contributed by atoms with E-state index in [2.05, 4.69) is 20.5 Å². The van der Waals surface area contributed by atoms with Crippen molar-refractivity contribution in [2.24, 2.45) is 10.2 Å². The third kappa shape index (κ3) is 8.49. The zero-order chi connectivity index (χ0) is 30.1. The molecule has 0 spiro atoms. The van der Waals surface area contributed by atoms with Gasteiger partial charge in [0.15, 0.2) is 5.70 Å². The normalized spacial score (nSPS) is 12.3. The van der Waals surface area contributed by atoms with Crippen molar-refractivity contribution >= 4 is 59.1 Å². The molecular formula is C25H20N4Na2O9S3. The molecule has 0 aliphatic carbocycles. The number of fused-ring (bicyclic) bond motifs is 1. The average Bonchev–Trinajstić information content (AvgIpc) is 3.31. The molecule has 0 bridgehead atoms. The number of nitrogens with zero attached hydrogens (tertiary/aromatic N) is 3. The molecule has 0 aliphatic rings. The quantitative estimate of drug-likeness (QED) is 0.0742. The zero-order valence-electron chi connectivity index (χ0n) is 23.5. The van der Waals surface area contributed by atoms with Gasteiger partial charge < -0.3 is 24.3 Å². The summed E-state index contributed by atoms with van der Waals surface area (Å²) in [6, 6.07) is 12.8. The molecule has 4 aromatic rings. The number of benzene rings is 3. The van der Waals surface area contributed by atoms with Crippen molar-refractivity contribution in [2.75, 3.05) is 12.4 Å². The number of anilines is 1. The van der Waals surface area contributed by atoms with Crippen molar-refractivity contribution in [2.45, 2.75) is 23.6 Å². The molecule has 0 radical (unpaired) electrons. The number of methoxy groups -OCH3 is 1. The van der Waals surface area contributed by atoms with Gasteiger partial charge in [0, 0.05) is 5.56 Å². The molecule has 4 rings (SSSR count). The number of aliphatic hydroxyl groups is 1. The number of carbonyl (C=O) groups is 1. The molecule has 13 nitrogen and oxygen atoms in total. The number of hydrogen-bond donors (Lipinski definition) is 2. The summed E-state index contributed by atoms with van der Waals surface area (Å²) in [4.78, 5) is 15.8. The van der Waals surface area contributed by atoms with E-state index in [1.54, 1.807) is 18.2 Å². The molecule has 0 unspecified atom stereocenters. The van der Waals surface area contributed by atoms with E-state index < -0.39 is 53.1 Å². The fourth-order valence-corrected chi connectivity index (χ4v) is 6.66. The molecule has 0 fully saturated rings. The standard InChI is InChI=1S/C25H22N4O9S3.2Na/c1-13-8-10-18-22(23(13)41(35,36)37)39-25(27-18)15-9-11-17(20(12-15)40(32,33)34)28-29-21(14(2)30)24(31)26-16-6-4-5-7-19(16)38-3;;/h4-12,30H,1-3H3,(H,26,31)(H,32,33,34)(H,35,36,37);;/q;2*+1/p-2/b21-14+,29-28?;;. The Labute approximate surface area is 295 Å². The van der Waals surface area contributed by atoms with E-state index in [0.29, 0.717) is 5.75 Å². The summed E-state index contributed by atoms with van der Waals surface area (Å²) in [7, 11) is -8.59. The molecule has 0 saturated heterocycles. The van der Waals surface area contributed by atoms with Crippen LogP contribution in [0.4, 0.5) is 11.4 Å². The van der Waals surface area contributed by atoms with Crippen molar-refractivity contribution in [1.29, 1.82) is 0 Å². The van der Waals surface area contributed by atoms with Gasteiger partial charge in [-0.2, -0.15) is 0 Å². The van der Waals surface area contributed by atoms with E-state index in [1.807, 2.05) is 0 Å². The third-order valence-corrected chi connectivity index (χ3v) is 8.76. The fourth-order valence-electron chi connectivity index (χ4n) is 3.75. The number of nitrogens with one attached hydrogen (secondary N) is 1. The SMILES string of the molecule is COc1ccccc1NC(=O)/C(N=Nc1ccc(-c2nc3ccc(C)c(S(=O)(=O)[O-])c3s2)cc1S(=O)(=O)[O-])=C(/C)O.[Na+].[Na+]. The van der Waals surface area contributed by atoms with Crippen molar-refractivity contribution < 1.29 is 99.7 Å². The number of hydrogen-bond acceptors (Lipinski definition) is 13. The summed E-state index contributed by atoms with van der Waals surface area (Å²) in [5.41, 5.74) is -0.210.